The Hall–Kier alpha value is -0.130. The molecule has 5 heteroatoms. The minimum absolute atomic E-state index is 0.215. The van der Waals surface area contributed by atoms with Gasteiger partial charge in [0.05, 0.1) is 5.75 Å². The summed E-state index contributed by atoms with van der Waals surface area (Å²) in [6, 6.07) is 0. The van der Waals surface area contributed by atoms with Crippen molar-refractivity contribution in [3.8, 4) is 0 Å². The van der Waals surface area contributed by atoms with Crippen LogP contribution in [-0.2, 0) is 9.84 Å². The first-order valence-electron chi connectivity index (χ1n) is 5.53. The van der Waals surface area contributed by atoms with Gasteiger partial charge in [0.1, 0.15) is 9.84 Å². The first-order valence-corrected chi connectivity index (χ1v) is 7.36. The number of nitrogens with one attached hydrogen (secondary N) is 1. The molecule has 0 spiro atoms. The molecule has 0 saturated carbocycles. The van der Waals surface area contributed by atoms with E-state index in [1.165, 1.54) is 0 Å². The molecule has 0 aromatic heterocycles. The lowest BCUT2D eigenvalue weighted by atomic mass is 10.1. The number of aliphatic hydroxyl groups is 1. The Labute approximate surface area is 93.0 Å². The summed E-state index contributed by atoms with van der Waals surface area (Å²) in [5, 5.41) is 11.9. The fraction of sp³-hybridized carbons (Fsp3) is 1.00. The molecule has 0 heterocycles. The maximum Gasteiger partial charge on any atom is 0.150 e. The van der Waals surface area contributed by atoms with Crippen molar-refractivity contribution in [1.29, 1.82) is 0 Å². The standard InChI is InChI=1S/C10H23NO3S/c1-3-15(13,14)8-4-6-11-9-10(2)5-7-12/h10-12H,3-9H2,1-2H3. The molecule has 1 atom stereocenters. The van der Waals surface area contributed by atoms with Crippen LogP contribution in [0.25, 0.3) is 0 Å². The van der Waals surface area contributed by atoms with Crippen molar-refractivity contribution in [2.75, 3.05) is 31.2 Å². The van der Waals surface area contributed by atoms with Crippen molar-refractivity contribution in [1.82, 2.24) is 5.32 Å². The van der Waals surface area contributed by atoms with Gasteiger partial charge >= 0.3 is 0 Å². The fourth-order valence-corrected chi connectivity index (χ4v) is 2.11. The number of sulfone groups is 1. The number of hydrogen-bond acceptors (Lipinski definition) is 4. The highest BCUT2D eigenvalue weighted by molar-refractivity contribution is 7.91. The van der Waals surface area contributed by atoms with Crippen LogP contribution in [-0.4, -0.2) is 44.7 Å². The minimum atomic E-state index is -2.81. The van der Waals surface area contributed by atoms with E-state index in [0.29, 0.717) is 12.3 Å². The maximum atomic E-state index is 11.1. The average Bonchev–Trinajstić information content (AvgIpc) is 2.17. The van der Waals surface area contributed by atoms with Crippen LogP contribution >= 0.6 is 0 Å². The minimum Gasteiger partial charge on any atom is -0.396 e. The average molecular weight is 237 g/mol. The van der Waals surface area contributed by atoms with Crippen molar-refractivity contribution in [3.63, 3.8) is 0 Å². The van der Waals surface area contributed by atoms with E-state index in [1.807, 2.05) is 0 Å². The summed E-state index contributed by atoms with van der Waals surface area (Å²) in [5.74, 6) is 0.941. The Kier molecular flexibility index (Phi) is 8.00. The topological polar surface area (TPSA) is 66.4 Å². The largest absolute Gasteiger partial charge is 0.396 e. The highest BCUT2D eigenvalue weighted by Gasteiger charge is 2.06. The van der Waals surface area contributed by atoms with Crippen LogP contribution in [0.4, 0.5) is 0 Å². The van der Waals surface area contributed by atoms with E-state index in [0.717, 1.165) is 19.5 Å². The molecule has 0 saturated heterocycles. The van der Waals surface area contributed by atoms with E-state index in [4.69, 9.17) is 5.11 Å². The molecule has 0 bridgehead atoms. The Morgan fingerprint density at radius 3 is 2.60 bits per heavy atom. The van der Waals surface area contributed by atoms with Crippen molar-refractivity contribution < 1.29 is 13.5 Å². The van der Waals surface area contributed by atoms with Gasteiger partial charge in [-0.1, -0.05) is 13.8 Å². The van der Waals surface area contributed by atoms with Crippen LogP contribution in [0.3, 0.4) is 0 Å². The molecular weight excluding hydrogens is 214 g/mol. The van der Waals surface area contributed by atoms with Gasteiger partial charge in [0.15, 0.2) is 0 Å². The molecular formula is C10H23NO3S. The summed E-state index contributed by atoms with van der Waals surface area (Å²) in [6.07, 6.45) is 1.46. The van der Waals surface area contributed by atoms with Gasteiger partial charge in [0.25, 0.3) is 0 Å². The van der Waals surface area contributed by atoms with Gasteiger partial charge < -0.3 is 10.4 Å². The molecule has 0 radical (unpaired) electrons. The van der Waals surface area contributed by atoms with Gasteiger partial charge in [-0.25, -0.2) is 8.42 Å². The van der Waals surface area contributed by atoms with Gasteiger partial charge in [-0.2, -0.15) is 0 Å². The summed E-state index contributed by atoms with van der Waals surface area (Å²) in [6.45, 7) is 5.52. The van der Waals surface area contributed by atoms with E-state index >= 15 is 0 Å². The summed E-state index contributed by atoms with van der Waals surface area (Å²) in [4.78, 5) is 0. The van der Waals surface area contributed by atoms with E-state index in [2.05, 4.69) is 12.2 Å². The fourth-order valence-electron chi connectivity index (χ4n) is 1.23. The SMILES string of the molecule is CCS(=O)(=O)CCCNCC(C)CCO. The summed E-state index contributed by atoms with van der Waals surface area (Å²) in [5.41, 5.74) is 0. The Morgan fingerprint density at radius 1 is 1.40 bits per heavy atom. The van der Waals surface area contributed by atoms with Gasteiger partial charge in [-0.05, 0) is 31.8 Å². The van der Waals surface area contributed by atoms with E-state index in [1.54, 1.807) is 6.92 Å². The van der Waals surface area contributed by atoms with Crippen molar-refractivity contribution >= 4 is 9.84 Å². The van der Waals surface area contributed by atoms with Crippen LogP contribution in [0.15, 0.2) is 0 Å². The van der Waals surface area contributed by atoms with Crippen LogP contribution in [0.1, 0.15) is 26.7 Å². The molecule has 0 aliphatic rings. The Morgan fingerprint density at radius 2 is 2.07 bits per heavy atom. The zero-order valence-corrected chi connectivity index (χ0v) is 10.5. The molecule has 15 heavy (non-hydrogen) atoms. The van der Waals surface area contributed by atoms with Gasteiger partial charge in [-0.3, -0.25) is 0 Å². The Balaban J connectivity index is 3.40. The smallest absolute Gasteiger partial charge is 0.150 e. The van der Waals surface area contributed by atoms with Crippen LogP contribution in [0.2, 0.25) is 0 Å². The molecule has 1 unspecified atom stereocenters. The molecule has 0 rings (SSSR count). The second-order valence-corrected chi connectivity index (χ2v) is 6.38. The van der Waals surface area contributed by atoms with Crippen LogP contribution in [0.5, 0.6) is 0 Å². The van der Waals surface area contributed by atoms with E-state index in [9.17, 15) is 8.42 Å². The lowest BCUT2D eigenvalue weighted by molar-refractivity contribution is 0.260. The molecule has 0 aliphatic carbocycles. The van der Waals surface area contributed by atoms with Crippen molar-refractivity contribution in [2.24, 2.45) is 5.92 Å². The van der Waals surface area contributed by atoms with Crippen molar-refractivity contribution in [2.45, 2.75) is 26.7 Å². The predicted molar refractivity (Wildman–Crippen MR) is 62.7 cm³/mol. The van der Waals surface area contributed by atoms with Crippen molar-refractivity contribution in [3.05, 3.63) is 0 Å². The number of aliphatic hydroxyl groups excluding tert-OH is 1. The van der Waals surface area contributed by atoms with Gasteiger partial charge in [0, 0.05) is 12.4 Å². The molecule has 0 aliphatic heterocycles. The van der Waals surface area contributed by atoms with E-state index in [-0.39, 0.29) is 18.1 Å². The zero-order valence-electron chi connectivity index (χ0n) is 9.70. The predicted octanol–water partition coefficient (Wildman–Crippen LogP) is 0.419. The van der Waals surface area contributed by atoms with Crippen LogP contribution < -0.4 is 5.32 Å². The van der Waals surface area contributed by atoms with Gasteiger partial charge in [-0.15, -0.1) is 0 Å². The maximum absolute atomic E-state index is 11.1. The normalized spacial score (nSPS) is 14.1. The monoisotopic (exact) mass is 237 g/mol. The molecule has 0 amide bonds. The number of hydrogen-bond donors (Lipinski definition) is 2. The second-order valence-electron chi connectivity index (χ2n) is 3.91. The zero-order chi connectivity index (χ0) is 11.7. The molecule has 0 fully saturated rings. The summed E-state index contributed by atoms with van der Waals surface area (Å²) in [7, 11) is -2.81. The van der Waals surface area contributed by atoms with Gasteiger partial charge in [0.2, 0.25) is 0 Å². The molecule has 92 valence electrons. The third-order valence-electron chi connectivity index (χ3n) is 2.36. The first kappa shape index (κ1) is 14.9. The highest BCUT2D eigenvalue weighted by atomic mass is 32.2. The molecule has 2 N–H and O–H groups in total. The van der Waals surface area contributed by atoms with E-state index < -0.39 is 9.84 Å². The Bertz CT molecular complexity index is 239. The molecule has 0 aromatic carbocycles. The summed E-state index contributed by atoms with van der Waals surface area (Å²) >= 11 is 0. The molecule has 4 nitrogen and oxygen atoms in total. The number of rotatable bonds is 9. The molecule has 0 aromatic rings. The highest BCUT2D eigenvalue weighted by Crippen LogP contribution is 1.98. The lowest BCUT2D eigenvalue weighted by Gasteiger charge is -2.10. The first-order chi connectivity index (χ1) is 7.02. The summed E-state index contributed by atoms with van der Waals surface area (Å²) < 4.78 is 22.3. The lowest BCUT2D eigenvalue weighted by Crippen LogP contribution is -2.24. The third kappa shape index (κ3) is 8.84. The van der Waals surface area contributed by atoms with Crippen LogP contribution in [0, 0.1) is 5.92 Å². The third-order valence-corrected chi connectivity index (χ3v) is 4.15. The quantitative estimate of drug-likeness (QED) is 0.570. The second kappa shape index (κ2) is 8.07.